The third-order valence-corrected chi connectivity index (χ3v) is 1.89. The summed E-state index contributed by atoms with van der Waals surface area (Å²) in [5, 5.41) is 0. The van der Waals surface area contributed by atoms with Gasteiger partial charge in [-0.3, -0.25) is 0 Å². The number of hydrogen-bond donors (Lipinski definition) is 0. The number of carbonyl (C=O) groups excluding carboxylic acids is 1. The molecular weight excluding hydrogens is 281 g/mol. The van der Waals surface area contributed by atoms with E-state index in [2.05, 4.69) is 4.74 Å². The van der Waals surface area contributed by atoms with Gasteiger partial charge in [0.25, 0.3) is 0 Å². The van der Waals surface area contributed by atoms with E-state index in [1.807, 2.05) is 13.8 Å². The molecule has 0 aliphatic rings. The predicted molar refractivity (Wildman–Crippen MR) is 64.3 cm³/mol. The predicted octanol–water partition coefficient (Wildman–Crippen LogP) is 1.80. The molecule has 0 aromatic carbocycles. The van der Waals surface area contributed by atoms with Crippen molar-refractivity contribution in [1.29, 1.82) is 0 Å². The van der Waals surface area contributed by atoms with Gasteiger partial charge in [-0.15, -0.1) is 0 Å². The van der Waals surface area contributed by atoms with Crippen LogP contribution in [0, 0.1) is 5.92 Å². The zero-order valence-corrected chi connectivity index (χ0v) is 11.7. The van der Waals surface area contributed by atoms with Gasteiger partial charge in [0, 0.05) is 6.61 Å². The molecule has 5 nitrogen and oxygen atoms in total. The van der Waals surface area contributed by atoms with Crippen molar-refractivity contribution in [3.05, 3.63) is 0 Å². The summed E-state index contributed by atoms with van der Waals surface area (Å²) in [5.74, 6) is -1.74. The zero-order chi connectivity index (χ0) is 15.4. The van der Waals surface area contributed by atoms with Crippen molar-refractivity contribution in [3.63, 3.8) is 0 Å². The quantitative estimate of drug-likeness (QED) is 0.430. The molecular formula is C12H21F3O5. The molecule has 0 aliphatic heterocycles. The Morgan fingerprint density at radius 1 is 0.900 bits per heavy atom. The standard InChI is InChI=1S/C12H21F3O5/c1-10(2)9-19-6-5-17-3-4-18-7-8-20-11(16)12(13,14)15/h10H,3-9H2,1-2H3. The SMILES string of the molecule is CC(C)COCCOCCOCCOC(=O)C(F)(F)F. The topological polar surface area (TPSA) is 54.0 Å². The van der Waals surface area contributed by atoms with Crippen molar-refractivity contribution in [2.75, 3.05) is 46.2 Å². The first kappa shape index (κ1) is 19.1. The van der Waals surface area contributed by atoms with Gasteiger partial charge >= 0.3 is 12.1 Å². The van der Waals surface area contributed by atoms with E-state index < -0.39 is 18.8 Å². The highest BCUT2D eigenvalue weighted by atomic mass is 19.4. The first-order chi connectivity index (χ1) is 9.34. The molecule has 0 bridgehead atoms. The van der Waals surface area contributed by atoms with Gasteiger partial charge in [-0.1, -0.05) is 13.8 Å². The smallest absolute Gasteiger partial charge is 0.457 e. The molecule has 0 rings (SSSR count). The molecule has 0 atom stereocenters. The first-order valence-electron chi connectivity index (χ1n) is 6.31. The van der Waals surface area contributed by atoms with Gasteiger partial charge in [0.1, 0.15) is 6.61 Å². The fraction of sp³-hybridized carbons (Fsp3) is 0.917. The van der Waals surface area contributed by atoms with Gasteiger partial charge in [-0.05, 0) is 5.92 Å². The number of rotatable bonds is 11. The summed E-state index contributed by atoms with van der Waals surface area (Å²) < 4.78 is 54.5. The lowest BCUT2D eigenvalue weighted by molar-refractivity contribution is -0.200. The van der Waals surface area contributed by atoms with Crippen molar-refractivity contribution in [3.8, 4) is 0 Å². The second kappa shape index (κ2) is 10.9. The van der Waals surface area contributed by atoms with E-state index in [-0.39, 0.29) is 13.2 Å². The number of esters is 1. The monoisotopic (exact) mass is 302 g/mol. The molecule has 0 heterocycles. The third kappa shape index (κ3) is 12.2. The van der Waals surface area contributed by atoms with Crippen LogP contribution in [-0.2, 0) is 23.7 Å². The van der Waals surface area contributed by atoms with Crippen molar-refractivity contribution in [2.24, 2.45) is 5.92 Å². The van der Waals surface area contributed by atoms with E-state index in [1.54, 1.807) is 0 Å². The number of ether oxygens (including phenoxy) is 4. The number of alkyl halides is 3. The maximum absolute atomic E-state index is 11.7. The van der Waals surface area contributed by atoms with E-state index in [9.17, 15) is 18.0 Å². The average Bonchev–Trinajstić information content (AvgIpc) is 2.34. The highest BCUT2D eigenvalue weighted by Crippen LogP contribution is 2.16. The van der Waals surface area contributed by atoms with E-state index >= 15 is 0 Å². The van der Waals surface area contributed by atoms with Gasteiger partial charge < -0.3 is 18.9 Å². The van der Waals surface area contributed by atoms with Crippen molar-refractivity contribution in [1.82, 2.24) is 0 Å². The van der Waals surface area contributed by atoms with Crippen LogP contribution in [0.15, 0.2) is 0 Å². The molecule has 0 aliphatic carbocycles. The van der Waals surface area contributed by atoms with Crippen LogP contribution in [0.4, 0.5) is 13.2 Å². The van der Waals surface area contributed by atoms with E-state index in [0.717, 1.165) is 0 Å². The molecule has 0 radical (unpaired) electrons. The minimum Gasteiger partial charge on any atom is -0.457 e. The summed E-state index contributed by atoms with van der Waals surface area (Å²) in [4.78, 5) is 10.3. The largest absolute Gasteiger partial charge is 0.490 e. The molecule has 0 saturated heterocycles. The average molecular weight is 302 g/mol. The Bertz CT molecular complexity index is 256. The van der Waals surface area contributed by atoms with Crippen LogP contribution < -0.4 is 0 Å². The maximum Gasteiger partial charge on any atom is 0.490 e. The van der Waals surface area contributed by atoms with Crippen LogP contribution >= 0.6 is 0 Å². The van der Waals surface area contributed by atoms with E-state index in [4.69, 9.17) is 14.2 Å². The summed E-state index contributed by atoms with van der Waals surface area (Å²) in [6, 6.07) is 0. The molecule has 120 valence electrons. The summed E-state index contributed by atoms with van der Waals surface area (Å²) in [5.41, 5.74) is 0. The lowest BCUT2D eigenvalue weighted by atomic mass is 10.2. The lowest BCUT2D eigenvalue weighted by Gasteiger charge is -2.09. The maximum atomic E-state index is 11.7. The van der Waals surface area contributed by atoms with Crippen LogP contribution in [-0.4, -0.2) is 58.4 Å². The Hall–Kier alpha value is -0.860. The highest BCUT2D eigenvalue weighted by Gasteiger charge is 2.40. The van der Waals surface area contributed by atoms with Gasteiger partial charge in [-0.2, -0.15) is 13.2 Å². The van der Waals surface area contributed by atoms with Gasteiger partial charge in [0.05, 0.1) is 33.0 Å². The van der Waals surface area contributed by atoms with Gasteiger partial charge in [0.15, 0.2) is 0 Å². The van der Waals surface area contributed by atoms with Crippen LogP contribution in [0.2, 0.25) is 0 Å². The van der Waals surface area contributed by atoms with Crippen molar-refractivity contribution >= 4 is 5.97 Å². The van der Waals surface area contributed by atoms with Gasteiger partial charge in [-0.25, -0.2) is 4.79 Å². The summed E-state index contributed by atoms with van der Waals surface area (Å²) in [6.07, 6.45) is -4.96. The van der Waals surface area contributed by atoms with Gasteiger partial charge in [0.2, 0.25) is 0 Å². The molecule has 0 saturated carbocycles. The Labute approximate surface area is 116 Å². The Balaban J connectivity index is 3.20. The van der Waals surface area contributed by atoms with Crippen LogP contribution in [0.5, 0.6) is 0 Å². The molecule has 0 aromatic rings. The summed E-state index contributed by atoms with van der Waals surface area (Å²) in [7, 11) is 0. The number of halogens is 3. The van der Waals surface area contributed by atoms with Crippen LogP contribution in [0.3, 0.4) is 0 Å². The fourth-order valence-corrected chi connectivity index (χ4v) is 1.03. The van der Waals surface area contributed by atoms with Crippen LogP contribution in [0.25, 0.3) is 0 Å². The lowest BCUT2D eigenvalue weighted by Crippen LogP contribution is -2.26. The molecule has 8 heteroatoms. The number of hydrogen-bond acceptors (Lipinski definition) is 5. The second-order valence-electron chi connectivity index (χ2n) is 4.33. The van der Waals surface area contributed by atoms with Crippen LogP contribution in [0.1, 0.15) is 13.8 Å². The molecule has 0 unspecified atom stereocenters. The Morgan fingerprint density at radius 2 is 1.35 bits per heavy atom. The molecule has 20 heavy (non-hydrogen) atoms. The molecule has 0 spiro atoms. The second-order valence-corrected chi connectivity index (χ2v) is 4.33. The Kier molecular flexibility index (Phi) is 10.4. The number of carbonyl (C=O) groups is 1. The minimum atomic E-state index is -4.96. The van der Waals surface area contributed by atoms with E-state index in [0.29, 0.717) is 32.3 Å². The fourth-order valence-electron chi connectivity index (χ4n) is 1.03. The first-order valence-corrected chi connectivity index (χ1v) is 6.31. The summed E-state index contributed by atoms with van der Waals surface area (Å²) >= 11 is 0. The normalized spacial score (nSPS) is 11.9. The highest BCUT2D eigenvalue weighted by molar-refractivity contribution is 5.75. The molecule has 0 N–H and O–H groups in total. The molecule has 0 fully saturated rings. The summed E-state index contributed by atoms with van der Waals surface area (Å²) in [6.45, 7) is 5.66. The third-order valence-electron chi connectivity index (χ3n) is 1.89. The van der Waals surface area contributed by atoms with Crippen molar-refractivity contribution < 1.29 is 36.9 Å². The Morgan fingerprint density at radius 3 is 1.80 bits per heavy atom. The minimum absolute atomic E-state index is 0.102. The molecule has 0 amide bonds. The van der Waals surface area contributed by atoms with Crippen molar-refractivity contribution in [2.45, 2.75) is 20.0 Å². The molecule has 0 aromatic heterocycles. The van der Waals surface area contributed by atoms with E-state index in [1.165, 1.54) is 0 Å². The zero-order valence-electron chi connectivity index (χ0n) is 11.7.